The van der Waals surface area contributed by atoms with E-state index in [0.29, 0.717) is 18.5 Å². The number of rotatable bonds is 6. The maximum absolute atomic E-state index is 5.81. The van der Waals surface area contributed by atoms with E-state index in [1.54, 1.807) is 0 Å². The maximum Gasteiger partial charge on any atom is 0.324 e. The van der Waals surface area contributed by atoms with Gasteiger partial charge in [0, 0.05) is 38.8 Å². The van der Waals surface area contributed by atoms with Crippen LogP contribution in [0.3, 0.4) is 0 Å². The summed E-state index contributed by atoms with van der Waals surface area (Å²) in [4.78, 5) is 17.1. The Hall–Kier alpha value is -1.67. The molecule has 0 radical (unpaired) electrons. The number of piperazine rings is 1. The normalized spacial score (nSPS) is 17.6. The minimum absolute atomic E-state index is 0.271. The van der Waals surface area contributed by atoms with Crippen molar-refractivity contribution in [3.63, 3.8) is 0 Å². The van der Waals surface area contributed by atoms with Crippen LogP contribution in [0.1, 0.15) is 13.3 Å². The third-order valence-electron chi connectivity index (χ3n) is 3.80. The lowest BCUT2D eigenvalue weighted by Crippen LogP contribution is -2.52. The van der Waals surface area contributed by atoms with Gasteiger partial charge in [-0.05, 0) is 6.42 Å². The molecule has 21 heavy (non-hydrogen) atoms. The fourth-order valence-corrected chi connectivity index (χ4v) is 2.51. The van der Waals surface area contributed by atoms with Crippen LogP contribution in [0, 0.1) is 0 Å². The number of anilines is 1. The summed E-state index contributed by atoms with van der Waals surface area (Å²) < 4.78 is 10.2. The van der Waals surface area contributed by atoms with Crippen LogP contribution in [0.5, 0.6) is 12.0 Å². The van der Waals surface area contributed by atoms with Gasteiger partial charge < -0.3 is 20.1 Å². The molecule has 2 heterocycles. The van der Waals surface area contributed by atoms with Gasteiger partial charge in [-0.15, -0.1) is 4.98 Å². The van der Waals surface area contributed by atoms with Gasteiger partial charge in [0.25, 0.3) is 0 Å². The number of aromatic nitrogens is 3. The summed E-state index contributed by atoms with van der Waals surface area (Å²) in [5, 5.41) is 0. The average molecular weight is 296 g/mol. The van der Waals surface area contributed by atoms with Crippen molar-refractivity contribution in [2.24, 2.45) is 5.73 Å². The zero-order valence-corrected chi connectivity index (χ0v) is 12.9. The molecule has 2 rings (SSSR count). The van der Waals surface area contributed by atoms with E-state index in [4.69, 9.17) is 15.2 Å². The lowest BCUT2D eigenvalue weighted by atomic mass is 10.1. The van der Waals surface area contributed by atoms with Gasteiger partial charge in [-0.3, -0.25) is 4.90 Å². The van der Waals surface area contributed by atoms with Gasteiger partial charge >= 0.3 is 12.0 Å². The average Bonchev–Trinajstić information content (AvgIpc) is 2.56. The summed E-state index contributed by atoms with van der Waals surface area (Å²) in [6.45, 7) is 6.48. The lowest BCUT2D eigenvalue weighted by Gasteiger charge is -2.38. The van der Waals surface area contributed by atoms with Crippen molar-refractivity contribution in [3.05, 3.63) is 0 Å². The number of nitrogens with two attached hydrogens (primary N) is 1. The van der Waals surface area contributed by atoms with E-state index in [0.717, 1.165) is 32.6 Å². The van der Waals surface area contributed by atoms with Crippen molar-refractivity contribution in [2.45, 2.75) is 19.4 Å². The van der Waals surface area contributed by atoms with Crippen molar-refractivity contribution in [1.29, 1.82) is 0 Å². The van der Waals surface area contributed by atoms with Crippen LogP contribution >= 0.6 is 0 Å². The molecule has 8 heteroatoms. The van der Waals surface area contributed by atoms with Crippen LogP contribution < -0.4 is 20.1 Å². The standard InChI is InChI=1S/C13H24N6O2/c1-4-10(9-14)18-5-7-19(8-6-18)11-15-12(20-2)17-13(16-11)21-3/h10H,4-9,14H2,1-3H3. The zero-order chi connectivity index (χ0) is 15.2. The van der Waals surface area contributed by atoms with E-state index in [1.165, 1.54) is 14.2 Å². The molecule has 1 aromatic rings. The van der Waals surface area contributed by atoms with Crippen LogP contribution in [0.25, 0.3) is 0 Å². The molecule has 0 saturated carbocycles. The summed E-state index contributed by atoms with van der Waals surface area (Å²) in [5.41, 5.74) is 5.81. The fraction of sp³-hybridized carbons (Fsp3) is 0.769. The van der Waals surface area contributed by atoms with Crippen LogP contribution in [-0.4, -0.2) is 72.8 Å². The van der Waals surface area contributed by atoms with Crippen molar-refractivity contribution in [2.75, 3.05) is 51.8 Å². The molecule has 1 atom stereocenters. The molecule has 1 fully saturated rings. The fourth-order valence-electron chi connectivity index (χ4n) is 2.51. The van der Waals surface area contributed by atoms with Crippen LogP contribution in [0.2, 0.25) is 0 Å². The molecule has 8 nitrogen and oxygen atoms in total. The predicted octanol–water partition coefficient (Wildman–Crippen LogP) is -0.252. The molecule has 1 aromatic heterocycles. The molecule has 1 aliphatic rings. The summed E-state index contributed by atoms with van der Waals surface area (Å²) in [7, 11) is 3.06. The summed E-state index contributed by atoms with van der Waals surface area (Å²) >= 11 is 0. The molecule has 0 bridgehead atoms. The second kappa shape index (κ2) is 7.37. The number of methoxy groups -OCH3 is 2. The second-order valence-corrected chi connectivity index (χ2v) is 4.93. The topological polar surface area (TPSA) is 89.6 Å². The van der Waals surface area contributed by atoms with Crippen LogP contribution in [0.4, 0.5) is 5.95 Å². The van der Waals surface area contributed by atoms with E-state index >= 15 is 0 Å². The molecule has 1 aliphatic heterocycles. The molecule has 0 aromatic carbocycles. The Kier molecular flexibility index (Phi) is 5.51. The lowest BCUT2D eigenvalue weighted by molar-refractivity contribution is 0.183. The van der Waals surface area contributed by atoms with Gasteiger partial charge in [0.2, 0.25) is 5.95 Å². The molecule has 0 spiro atoms. The van der Waals surface area contributed by atoms with Gasteiger partial charge in [-0.1, -0.05) is 6.92 Å². The van der Waals surface area contributed by atoms with Gasteiger partial charge in [0.05, 0.1) is 14.2 Å². The second-order valence-electron chi connectivity index (χ2n) is 4.93. The predicted molar refractivity (Wildman–Crippen MR) is 79.9 cm³/mol. The molecule has 1 saturated heterocycles. The van der Waals surface area contributed by atoms with E-state index in [-0.39, 0.29) is 12.0 Å². The Morgan fingerprint density at radius 2 is 1.62 bits per heavy atom. The van der Waals surface area contributed by atoms with Crippen molar-refractivity contribution >= 4 is 5.95 Å². The maximum atomic E-state index is 5.81. The highest BCUT2D eigenvalue weighted by Crippen LogP contribution is 2.18. The minimum Gasteiger partial charge on any atom is -0.467 e. The molecule has 2 N–H and O–H groups in total. The van der Waals surface area contributed by atoms with E-state index in [9.17, 15) is 0 Å². The number of hydrogen-bond acceptors (Lipinski definition) is 8. The zero-order valence-electron chi connectivity index (χ0n) is 12.9. The van der Waals surface area contributed by atoms with Crippen molar-refractivity contribution < 1.29 is 9.47 Å². The molecular formula is C13H24N6O2. The smallest absolute Gasteiger partial charge is 0.324 e. The highest BCUT2D eigenvalue weighted by molar-refractivity contribution is 5.33. The molecule has 118 valence electrons. The summed E-state index contributed by atoms with van der Waals surface area (Å²) in [6.07, 6.45) is 1.07. The van der Waals surface area contributed by atoms with Gasteiger partial charge in [0.1, 0.15) is 0 Å². The minimum atomic E-state index is 0.271. The number of hydrogen-bond donors (Lipinski definition) is 1. The first-order valence-electron chi connectivity index (χ1n) is 7.24. The van der Waals surface area contributed by atoms with Crippen molar-refractivity contribution in [3.8, 4) is 12.0 Å². The Morgan fingerprint density at radius 3 is 2.05 bits per heavy atom. The monoisotopic (exact) mass is 296 g/mol. The Bertz CT molecular complexity index is 424. The Labute approximate surface area is 125 Å². The van der Waals surface area contributed by atoms with Gasteiger partial charge in [0.15, 0.2) is 0 Å². The Balaban J connectivity index is 2.04. The first-order chi connectivity index (χ1) is 10.2. The molecule has 0 amide bonds. The summed E-state index contributed by atoms with van der Waals surface area (Å²) in [5.74, 6) is 0.596. The largest absolute Gasteiger partial charge is 0.467 e. The molecule has 1 unspecified atom stereocenters. The molecular weight excluding hydrogens is 272 g/mol. The third-order valence-corrected chi connectivity index (χ3v) is 3.80. The van der Waals surface area contributed by atoms with E-state index in [2.05, 4.69) is 31.7 Å². The van der Waals surface area contributed by atoms with Crippen LogP contribution in [-0.2, 0) is 0 Å². The van der Waals surface area contributed by atoms with E-state index in [1.807, 2.05) is 0 Å². The first kappa shape index (κ1) is 15.7. The SMILES string of the molecule is CCC(CN)N1CCN(c2nc(OC)nc(OC)n2)CC1. The Morgan fingerprint density at radius 1 is 1.05 bits per heavy atom. The highest BCUT2D eigenvalue weighted by Gasteiger charge is 2.24. The highest BCUT2D eigenvalue weighted by atomic mass is 16.5. The number of nitrogens with zero attached hydrogens (tertiary/aromatic N) is 5. The van der Waals surface area contributed by atoms with Gasteiger partial charge in [-0.25, -0.2) is 0 Å². The molecule has 0 aliphatic carbocycles. The van der Waals surface area contributed by atoms with E-state index < -0.39 is 0 Å². The van der Waals surface area contributed by atoms with Gasteiger partial charge in [-0.2, -0.15) is 9.97 Å². The van der Waals surface area contributed by atoms with Crippen molar-refractivity contribution in [1.82, 2.24) is 19.9 Å². The quantitative estimate of drug-likeness (QED) is 0.768. The summed E-state index contributed by atoms with van der Waals surface area (Å²) in [6, 6.07) is 0.995. The van der Waals surface area contributed by atoms with Crippen LogP contribution in [0.15, 0.2) is 0 Å². The number of ether oxygens (including phenoxy) is 2. The third kappa shape index (κ3) is 3.70. The first-order valence-corrected chi connectivity index (χ1v) is 7.24.